The summed E-state index contributed by atoms with van der Waals surface area (Å²) in [6.07, 6.45) is 2.64. The van der Waals surface area contributed by atoms with Crippen LogP contribution in [-0.2, 0) is 10.4 Å². The third-order valence-electron chi connectivity index (χ3n) is 0.500. The lowest BCUT2D eigenvalue weighted by Crippen LogP contribution is -1.89. The average Bonchev–Trinajstić information content (AvgIpc) is 1.89. The predicted octanol–water partition coefficient (Wildman–Crippen LogP) is 0.488. The fourth-order valence-electron chi connectivity index (χ4n) is 0. The molecule has 0 spiro atoms. The molecule has 0 fully saturated rings. The molecule has 0 aromatic heterocycles. The van der Waals surface area contributed by atoms with E-state index in [2.05, 4.69) is 19.7 Å². The molecule has 0 aliphatic heterocycles. The number of hydrogen-bond acceptors (Lipinski definition) is 4. The van der Waals surface area contributed by atoms with Crippen LogP contribution in [0.25, 0.3) is 0 Å². The van der Waals surface area contributed by atoms with Crippen LogP contribution in [0.15, 0.2) is 0 Å². The molecule has 5 N–H and O–H groups in total. The van der Waals surface area contributed by atoms with Crippen molar-refractivity contribution in [3.05, 3.63) is 0 Å². The molecule has 0 aliphatic rings. The molecule has 0 saturated carbocycles. The fourth-order valence-corrected chi connectivity index (χ4v) is 0. The van der Waals surface area contributed by atoms with Gasteiger partial charge in [-0.05, 0) is 0 Å². The van der Waals surface area contributed by atoms with E-state index in [1.54, 1.807) is 0 Å². The minimum absolute atomic E-state index is 1.32. The molecule has 7 heteroatoms. The highest BCUT2D eigenvalue weighted by atomic mass is 32.3. The van der Waals surface area contributed by atoms with Gasteiger partial charge in [0.15, 0.2) is 0 Å². The van der Waals surface area contributed by atoms with Gasteiger partial charge >= 0.3 is 10.4 Å². The summed E-state index contributed by atoms with van der Waals surface area (Å²) in [5, 5.41) is 6.50. The third-order valence-corrected chi connectivity index (χ3v) is 0.500. The molecule has 72 valence electrons. The van der Waals surface area contributed by atoms with Crippen LogP contribution in [0, 0.1) is 0 Å². The highest BCUT2D eigenvalue weighted by Crippen LogP contribution is 1.76. The Balaban J connectivity index is -0.0000000965. The molecule has 0 saturated heterocycles. The van der Waals surface area contributed by atoms with Crippen LogP contribution in [0.5, 0.6) is 0 Å². The Kier molecular flexibility index (Phi) is 19.3. The predicted molar refractivity (Wildman–Crippen MR) is 40.7 cm³/mol. The Morgan fingerprint density at radius 2 is 1.18 bits per heavy atom. The summed E-state index contributed by atoms with van der Waals surface area (Å²) >= 11 is 0. The van der Waals surface area contributed by atoms with Gasteiger partial charge in [-0.3, -0.25) is 9.11 Å². The van der Waals surface area contributed by atoms with Gasteiger partial charge in [0.1, 0.15) is 0 Å². The average molecular weight is 189 g/mol. The molecular weight excluding hydrogens is 174 g/mol. The van der Waals surface area contributed by atoms with Crippen molar-refractivity contribution in [3.8, 4) is 0 Å². The van der Waals surface area contributed by atoms with Crippen LogP contribution in [0.1, 0.15) is 26.7 Å². The SMILES string of the molecule is CCCC.NO.O=S(=O)(O)O. The molecule has 6 nitrogen and oxygen atoms in total. The van der Waals surface area contributed by atoms with E-state index in [0.717, 1.165) is 0 Å². The Bertz CT molecular complexity index is 121. The van der Waals surface area contributed by atoms with E-state index in [1.165, 1.54) is 12.8 Å². The van der Waals surface area contributed by atoms with Gasteiger partial charge in [0.25, 0.3) is 0 Å². The van der Waals surface area contributed by atoms with Crippen molar-refractivity contribution in [3.63, 3.8) is 0 Å². The minimum Gasteiger partial charge on any atom is -0.320 e. The Labute approximate surface area is 66.6 Å². The van der Waals surface area contributed by atoms with Gasteiger partial charge in [-0.2, -0.15) is 8.42 Å². The Morgan fingerprint density at radius 1 is 1.09 bits per heavy atom. The quantitative estimate of drug-likeness (QED) is 0.352. The van der Waals surface area contributed by atoms with Gasteiger partial charge in [-0.25, -0.2) is 5.90 Å². The summed E-state index contributed by atoms with van der Waals surface area (Å²) in [4.78, 5) is 0. The van der Waals surface area contributed by atoms with Crippen LogP contribution < -0.4 is 5.90 Å². The molecule has 0 rings (SSSR count). The monoisotopic (exact) mass is 189 g/mol. The number of hydrogen-bond donors (Lipinski definition) is 4. The summed E-state index contributed by atoms with van der Waals surface area (Å²) in [6.45, 7) is 4.36. The summed E-state index contributed by atoms with van der Waals surface area (Å²) < 4.78 is 31.6. The van der Waals surface area contributed by atoms with E-state index in [1.807, 2.05) is 0 Å². The zero-order valence-electron chi connectivity index (χ0n) is 6.56. The van der Waals surface area contributed by atoms with Crippen molar-refractivity contribution >= 4 is 10.4 Å². The normalized spacial score (nSPS) is 8.55. The van der Waals surface area contributed by atoms with Gasteiger partial charge in [0.2, 0.25) is 0 Å². The van der Waals surface area contributed by atoms with Crippen LogP contribution in [0.2, 0.25) is 0 Å². The maximum Gasteiger partial charge on any atom is 0.394 e. The molecule has 0 aliphatic carbocycles. The second-order valence-electron chi connectivity index (χ2n) is 1.45. The van der Waals surface area contributed by atoms with Crippen molar-refractivity contribution in [2.75, 3.05) is 0 Å². The summed E-state index contributed by atoms with van der Waals surface area (Å²) in [5.41, 5.74) is 0. The molecule has 0 bridgehead atoms. The lowest BCUT2D eigenvalue weighted by molar-refractivity contribution is 0.311. The van der Waals surface area contributed by atoms with E-state index in [0.29, 0.717) is 0 Å². The van der Waals surface area contributed by atoms with Crippen molar-refractivity contribution in [2.45, 2.75) is 26.7 Å². The summed E-state index contributed by atoms with van der Waals surface area (Å²) in [6, 6.07) is 0. The maximum absolute atomic E-state index is 8.74. The van der Waals surface area contributed by atoms with Gasteiger partial charge in [0, 0.05) is 0 Å². The molecule has 0 heterocycles. The molecule has 0 aromatic carbocycles. The first-order valence-electron chi connectivity index (χ1n) is 2.87. The van der Waals surface area contributed by atoms with Gasteiger partial charge in [-0.15, -0.1) is 0 Å². The molecule has 0 unspecified atom stereocenters. The van der Waals surface area contributed by atoms with Gasteiger partial charge < -0.3 is 5.21 Å². The topological polar surface area (TPSA) is 121 Å². The van der Waals surface area contributed by atoms with Crippen molar-refractivity contribution in [1.29, 1.82) is 0 Å². The highest BCUT2D eigenvalue weighted by Gasteiger charge is 1.84. The molecule has 11 heavy (non-hydrogen) atoms. The lowest BCUT2D eigenvalue weighted by Gasteiger charge is -1.68. The second kappa shape index (κ2) is 12.5. The van der Waals surface area contributed by atoms with Crippen LogP contribution >= 0.6 is 0 Å². The largest absolute Gasteiger partial charge is 0.394 e. The van der Waals surface area contributed by atoms with E-state index < -0.39 is 10.4 Å². The Morgan fingerprint density at radius 3 is 1.18 bits per heavy atom. The van der Waals surface area contributed by atoms with Gasteiger partial charge in [0.05, 0.1) is 0 Å². The van der Waals surface area contributed by atoms with Gasteiger partial charge in [-0.1, -0.05) is 26.7 Å². The molecule has 0 atom stereocenters. The zero-order valence-corrected chi connectivity index (χ0v) is 7.37. The molecule has 0 radical (unpaired) electrons. The smallest absolute Gasteiger partial charge is 0.320 e. The first-order chi connectivity index (χ1) is 4.91. The summed E-state index contributed by atoms with van der Waals surface area (Å²) in [7, 11) is -4.67. The van der Waals surface area contributed by atoms with E-state index in [4.69, 9.17) is 22.7 Å². The zero-order chi connectivity index (χ0) is 9.91. The first kappa shape index (κ1) is 17.0. The lowest BCUT2D eigenvalue weighted by atomic mass is 10.4. The maximum atomic E-state index is 8.74. The fraction of sp³-hybridized carbons (Fsp3) is 1.00. The first-order valence-corrected chi connectivity index (χ1v) is 4.27. The number of unbranched alkanes of at least 4 members (excludes halogenated alkanes) is 1. The van der Waals surface area contributed by atoms with Crippen LogP contribution in [0.3, 0.4) is 0 Å². The third kappa shape index (κ3) is 952. The summed E-state index contributed by atoms with van der Waals surface area (Å²) in [5.74, 6) is 3.50. The van der Waals surface area contributed by atoms with E-state index in [-0.39, 0.29) is 0 Å². The molecular formula is C4H15NO5S. The van der Waals surface area contributed by atoms with Crippen LogP contribution in [0.4, 0.5) is 0 Å². The number of rotatable bonds is 1. The number of nitrogens with two attached hydrogens (primary N) is 1. The van der Waals surface area contributed by atoms with E-state index in [9.17, 15) is 0 Å². The van der Waals surface area contributed by atoms with Crippen LogP contribution in [-0.4, -0.2) is 22.7 Å². The second-order valence-corrected chi connectivity index (χ2v) is 2.34. The van der Waals surface area contributed by atoms with Crippen molar-refractivity contribution < 1.29 is 22.7 Å². The van der Waals surface area contributed by atoms with Crippen molar-refractivity contribution in [1.82, 2.24) is 0 Å². The molecule has 0 amide bonds. The Hall–Kier alpha value is -0.210. The van der Waals surface area contributed by atoms with E-state index >= 15 is 0 Å². The highest BCUT2D eigenvalue weighted by molar-refractivity contribution is 7.79. The van der Waals surface area contributed by atoms with Crippen molar-refractivity contribution in [2.24, 2.45) is 5.90 Å². The minimum atomic E-state index is -4.67. The molecule has 0 aromatic rings. The standard InChI is InChI=1S/C4H10.H3NO.H2O4S/c1-3-4-2;1-2;1-5(2,3)4/h3-4H2,1-2H3;2H,1H2;(H2,1,2,3,4).